The molecule has 0 radical (unpaired) electrons. The summed E-state index contributed by atoms with van der Waals surface area (Å²) in [4.78, 5) is 16.0. The van der Waals surface area contributed by atoms with Gasteiger partial charge >= 0.3 is 5.97 Å². The molecular formula is C20H20N2O5. The molecule has 1 heterocycles. The lowest BCUT2D eigenvalue weighted by atomic mass is 9.92. The maximum Gasteiger partial charge on any atom is 0.335 e. The van der Waals surface area contributed by atoms with Crippen molar-refractivity contribution in [3.05, 3.63) is 35.4 Å². The first kappa shape index (κ1) is 17.2. The molecule has 3 aromatic rings. The van der Waals surface area contributed by atoms with E-state index in [2.05, 4.69) is 9.55 Å². The van der Waals surface area contributed by atoms with E-state index in [9.17, 15) is 20.1 Å². The number of phenols is 2. The van der Waals surface area contributed by atoms with Crippen LogP contribution in [0.15, 0.2) is 24.3 Å². The molecule has 0 amide bonds. The number of imidazole rings is 1. The Morgan fingerprint density at radius 1 is 1.22 bits per heavy atom. The molecule has 1 aliphatic carbocycles. The van der Waals surface area contributed by atoms with Crippen LogP contribution in [0.25, 0.3) is 22.4 Å². The largest absolute Gasteiger partial charge is 0.504 e. The second-order valence-corrected chi connectivity index (χ2v) is 6.85. The molecular weight excluding hydrogens is 348 g/mol. The van der Waals surface area contributed by atoms with Gasteiger partial charge in [-0.25, -0.2) is 9.78 Å². The average molecular weight is 368 g/mol. The zero-order valence-corrected chi connectivity index (χ0v) is 15.1. The quantitative estimate of drug-likeness (QED) is 0.604. The summed E-state index contributed by atoms with van der Waals surface area (Å²) in [6.07, 6.45) is 3.15. The second kappa shape index (κ2) is 6.19. The van der Waals surface area contributed by atoms with Crippen LogP contribution in [-0.2, 0) is 0 Å². The Morgan fingerprint density at radius 2 is 1.96 bits per heavy atom. The van der Waals surface area contributed by atoms with Crippen molar-refractivity contribution in [2.24, 2.45) is 0 Å². The zero-order chi connectivity index (χ0) is 19.3. The van der Waals surface area contributed by atoms with Gasteiger partial charge in [0.15, 0.2) is 11.5 Å². The molecule has 0 bridgehead atoms. The lowest BCUT2D eigenvalue weighted by molar-refractivity contribution is 0.0697. The van der Waals surface area contributed by atoms with Gasteiger partial charge in [-0.15, -0.1) is 0 Å². The summed E-state index contributed by atoms with van der Waals surface area (Å²) >= 11 is 0. The van der Waals surface area contributed by atoms with Crippen LogP contribution in [0.5, 0.6) is 17.2 Å². The molecule has 0 saturated heterocycles. The Morgan fingerprint density at radius 3 is 2.56 bits per heavy atom. The van der Waals surface area contributed by atoms with Gasteiger partial charge in [-0.2, -0.15) is 0 Å². The first-order chi connectivity index (χ1) is 12.9. The van der Waals surface area contributed by atoms with E-state index in [1.165, 1.54) is 7.11 Å². The van der Waals surface area contributed by atoms with Gasteiger partial charge in [0, 0.05) is 17.2 Å². The number of hydrogen-bond acceptors (Lipinski definition) is 5. The minimum absolute atomic E-state index is 0.159. The Labute approximate surface area is 155 Å². The number of aromatic hydroxyl groups is 2. The number of aromatic nitrogens is 2. The topological polar surface area (TPSA) is 105 Å². The highest BCUT2D eigenvalue weighted by molar-refractivity contribution is 5.93. The van der Waals surface area contributed by atoms with Gasteiger partial charge in [-0.1, -0.05) is 0 Å². The lowest BCUT2D eigenvalue weighted by Crippen LogP contribution is -2.18. The Balaban J connectivity index is 2.01. The van der Waals surface area contributed by atoms with Crippen LogP contribution in [0.2, 0.25) is 0 Å². The fourth-order valence-corrected chi connectivity index (χ4v) is 3.55. The first-order valence-electron chi connectivity index (χ1n) is 8.77. The summed E-state index contributed by atoms with van der Waals surface area (Å²) < 4.78 is 7.28. The highest BCUT2D eigenvalue weighted by Crippen LogP contribution is 2.45. The Kier molecular flexibility index (Phi) is 3.95. The number of rotatable bonds is 4. The number of carbonyl (C=O) groups is 1. The van der Waals surface area contributed by atoms with Gasteiger partial charge in [0.25, 0.3) is 0 Å². The van der Waals surface area contributed by atoms with E-state index in [1.54, 1.807) is 31.2 Å². The smallest absolute Gasteiger partial charge is 0.335 e. The number of ether oxygens (including phenoxy) is 1. The van der Waals surface area contributed by atoms with Crippen molar-refractivity contribution >= 4 is 17.0 Å². The predicted octanol–water partition coefficient (Wildman–Crippen LogP) is 3.85. The van der Waals surface area contributed by atoms with Crippen molar-refractivity contribution in [1.82, 2.24) is 9.55 Å². The van der Waals surface area contributed by atoms with Crippen molar-refractivity contribution < 1.29 is 24.9 Å². The molecule has 7 heteroatoms. The van der Waals surface area contributed by atoms with Crippen LogP contribution in [0.3, 0.4) is 0 Å². The van der Waals surface area contributed by atoms with Gasteiger partial charge in [0.1, 0.15) is 5.82 Å². The van der Waals surface area contributed by atoms with Crippen LogP contribution >= 0.6 is 0 Å². The van der Waals surface area contributed by atoms with Crippen LogP contribution < -0.4 is 4.74 Å². The summed E-state index contributed by atoms with van der Waals surface area (Å²) in [5.41, 5.74) is 2.74. The van der Waals surface area contributed by atoms with E-state index in [-0.39, 0.29) is 28.9 Å². The van der Waals surface area contributed by atoms with Crippen LogP contribution in [0, 0.1) is 6.92 Å². The number of hydrogen-bond donors (Lipinski definition) is 3. The van der Waals surface area contributed by atoms with Gasteiger partial charge in [-0.05, 0) is 50.5 Å². The van der Waals surface area contributed by atoms with Gasteiger partial charge in [-0.3, -0.25) is 0 Å². The fraction of sp³-hybridized carbons (Fsp3) is 0.300. The molecule has 1 aliphatic rings. The van der Waals surface area contributed by atoms with Gasteiger partial charge < -0.3 is 24.6 Å². The first-order valence-corrected chi connectivity index (χ1v) is 8.77. The van der Waals surface area contributed by atoms with E-state index in [0.29, 0.717) is 22.5 Å². The minimum atomic E-state index is -1.00. The molecule has 7 nitrogen and oxygen atoms in total. The standard InChI is InChI=1S/C20H20N2O5/c1-10-13(9-16(27-2)18(24)17(10)23)19-21-14-8-11(20(25)26)6-7-15(14)22(19)12-4-3-5-12/h6-9,12,23-24H,3-5H2,1-2H3,(H,25,26). The third-order valence-corrected chi connectivity index (χ3v) is 5.33. The highest BCUT2D eigenvalue weighted by atomic mass is 16.5. The fourth-order valence-electron chi connectivity index (χ4n) is 3.55. The normalized spacial score (nSPS) is 14.3. The molecule has 2 aromatic carbocycles. The summed E-state index contributed by atoms with van der Waals surface area (Å²) in [6.45, 7) is 1.71. The molecule has 0 aliphatic heterocycles. The number of carboxylic acid groups (broad SMARTS) is 1. The van der Waals surface area contributed by atoms with Crippen molar-refractivity contribution in [2.75, 3.05) is 7.11 Å². The average Bonchev–Trinajstić information content (AvgIpc) is 2.97. The monoisotopic (exact) mass is 368 g/mol. The number of benzene rings is 2. The number of nitrogens with zero attached hydrogens (tertiary/aromatic N) is 2. The number of aromatic carboxylic acids is 1. The van der Waals surface area contributed by atoms with Crippen LogP contribution in [0.1, 0.15) is 41.2 Å². The molecule has 1 fully saturated rings. The second-order valence-electron chi connectivity index (χ2n) is 6.85. The number of carboxylic acids is 1. The molecule has 4 rings (SSSR count). The highest BCUT2D eigenvalue weighted by Gasteiger charge is 2.28. The number of methoxy groups -OCH3 is 1. The molecule has 1 saturated carbocycles. The molecule has 0 atom stereocenters. The van der Waals surface area contributed by atoms with E-state index in [1.807, 2.05) is 0 Å². The Hall–Kier alpha value is -3.22. The van der Waals surface area contributed by atoms with E-state index in [4.69, 9.17) is 4.74 Å². The van der Waals surface area contributed by atoms with E-state index in [0.717, 1.165) is 24.8 Å². The summed E-state index contributed by atoms with van der Waals surface area (Å²) in [7, 11) is 1.42. The van der Waals surface area contributed by atoms with Crippen molar-refractivity contribution in [2.45, 2.75) is 32.2 Å². The van der Waals surface area contributed by atoms with E-state index >= 15 is 0 Å². The molecule has 1 aromatic heterocycles. The summed E-state index contributed by atoms with van der Waals surface area (Å²) in [5, 5.41) is 29.6. The van der Waals surface area contributed by atoms with Crippen molar-refractivity contribution in [3.8, 4) is 28.6 Å². The molecule has 0 unspecified atom stereocenters. The number of fused-ring (bicyclic) bond motifs is 1. The lowest BCUT2D eigenvalue weighted by Gasteiger charge is -2.29. The third-order valence-electron chi connectivity index (χ3n) is 5.33. The molecule has 27 heavy (non-hydrogen) atoms. The van der Waals surface area contributed by atoms with Crippen LogP contribution in [0.4, 0.5) is 0 Å². The molecule has 3 N–H and O–H groups in total. The molecule has 140 valence electrons. The number of phenolic OH excluding ortho intramolecular Hbond substituents is 2. The maximum atomic E-state index is 11.3. The molecule has 0 spiro atoms. The zero-order valence-electron chi connectivity index (χ0n) is 15.1. The SMILES string of the molecule is COc1cc(-c2nc3cc(C(=O)O)ccc3n2C2CCC2)c(C)c(O)c1O. The third kappa shape index (κ3) is 2.58. The van der Waals surface area contributed by atoms with Crippen molar-refractivity contribution in [1.29, 1.82) is 0 Å². The van der Waals surface area contributed by atoms with Gasteiger partial charge in [0.2, 0.25) is 5.75 Å². The van der Waals surface area contributed by atoms with Crippen molar-refractivity contribution in [3.63, 3.8) is 0 Å². The van der Waals surface area contributed by atoms with Crippen LogP contribution in [-0.4, -0.2) is 37.9 Å². The minimum Gasteiger partial charge on any atom is -0.504 e. The summed E-state index contributed by atoms with van der Waals surface area (Å²) in [5.74, 6) is -0.771. The summed E-state index contributed by atoms with van der Waals surface area (Å²) in [6, 6.07) is 6.83. The predicted molar refractivity (Wildman–Crippen MR) is 99.6 cm³/mol. The van der Waals surface area contributed by atoms with Gasteiger partial charge in [0.05, 0.1) is 23.7 Å². The Bertz CT molecular complexity index is 1070. The van der Waals surface area contributed by atoms with E-state index < -0.39 is 5.97 Å². The maximum absolute atomic E-state index is 11.3.